The first kappa shape index (κ1) is 22.6. The van der Waals surface area contributed by atoms with Gasteiger partial charge in [-0.1, -0.05) is 89.7 Å². The van der Waals surface area contributed by atoms with Crippen molar-refractivity contribution in [3.8, 4) is 0 Å². The molecular weight excluding hydrogens is 364 g/mol. The Morgan fingerprint density at radius 3 is 2.25 bits per heavy atom. The number of ether oxygens (including phenoxy) is 3. The maximum Gasteiger partial charge on any atom is 0.146 e. The van der Waals surface area contributed by atoms with Gasteiger partial charge in [-0.05, 0) is 25.3 Å². The monoisotopic (exact) mass is 398 g/mol. The SMILES string of the molecule is COCCOCOCCC/C(=C/c1ccc(C)cc1)[Si](C)(C)c1ccccc1. The average Bonchev–Trinajstić information content (AvgIpc) is 2.71. The lowest BCUT2D eigenvalue weighted by molar-refractivity contribution is -0.0659. The molecule has 0 aliphatic heterocycles. The molecule has 0 saturated carbocycles. The van der Waals surface area contributed by atoms with E-state index in [9.17, 15) is 0 Å². The summed E-state index contributed by atoms with van der Waals surface area (Å²) < 4.78 is 16.0. The van der Waals surface area contributed by atoms with Crippen molar-refractivity contribution in [2.45, 2.75) is 32.9 Å². The molecule has 3 nitrogen and oxygen atoms in total. The highest BCUT2D eigenvalue weighted by Crippen LogP contribution is 2.23. The topological polar surface area (TPSA) is 27.7 Å². The van der Waals surface area contributed by atoms with E-state index in [0.29, 0.717) is 26.6 Å². The lowest BCUT2D eigenvalue weighted by atomic mass is 10.1. The number of allylic oxidation sites excluding steroid dienone is 1. The second kappa shape index (κ2) is 12.0. The third kappa shape index (κ3) is 7.36. The zero-order chi connectivity index (χ0) is 20.2. The maximum atomic E-state index is 5.63. The average molecular weight is 399 g/mol. The zero-order valence-corrected chi connectivity index (χ0v) is 18.7. The van der Waals surface area contributed by atoms with Crippen LogP contribution in [-0.2, 0) is 14.2 Å². The fourth-order valence-corrected chi connectivity index (χ4v) is 5.88. The molecule has 0 bridgehead atoms. The third-order valence-corrected chi connectivity index (χ3v) is 8.83. The van der Waals surface area contributed by atoms with Crippen LogP contribution in [0.2, 0.25) is 13.1 Å². The molecular formula is C24H34O3Si. The predicted octanol–water partition coefficient (Wildman–Crippen LogP) is 4.95. The summed E-state index contributed by atoms with van der Waals surface area (Å²) in [6.45, 7) is 9.22. The molecule has 2 aromatic carbocycles. The normalized spacial score (nSPS) is 12.4. The number of methoxy groups -OCH3 is 1. The Morgan fingerprint density at radius 2 is 1.57 bits per heavy atom. The van der Waals surface area contributed by atoms with E-state index >= 15 is 0 Å². The van der Waals surface area contributed by atoms with Gasteiger partial charge in [0.1, 0.15) is 14.9 Å². The standard InChI is InChI=1S/C24H34O3Si/c1-21-12-14-22(15-13-21)19-24(11-8-16-26-20-27-18-17-25-2)28(3,4)23-9-6-5-7-10-23/h5-7,9-10,12-15,19H,8,11,16-18,20H2,1-4H3/b24-19-. The number of rotatable bonds is 12. The van der Waals surface area contributed by atoms with Crippen molar-refractivity contribution in [3.05, 3.63) is 70.9 Å². The molecule has 0 saturated heterocycles. The van der Waals surface area contributed by atoms with Gasteiger partial charge in [0.15, 0.2) is 0 Å². The fraction of sp³-hybridized carbons (Fsp3) is 0.417. The van der Waals surface area contributed by atoms with E-state index in [-0.39, 0.29) is 0 Å². The van der Waals surface area contributed by atoms with Crippen LogP contribution in [-0.4, -0.2) is 41.8 Å². The highest BCUT2D eigenvalue weighted by atomic mass is 28.3. The minimum atomic E-state index is -1.73. The van der Waals surface area contributed by atoms with Crippen LogP contribution in [0.25, 0.3) is 6.08 Å². The summed E-state index contributed by atoms with van der Waals surface area (Å²) in [6, 6.07) is 19.7. The molecule has 0 spiro atoms. The minimum absolute atomic E-state index is 0.333. The lowest BCUT2D eigenvalue weighted by Crippen LogP contribution is -2.43. The van der Waals surface area contributed by atoms with Crippen LogP contribution in [0, 0.1) is 6.92 Å². The summed E-state index contributed by atoms with van der Waals surface area (Å²) in [7, 11) is -0.0624. The quantitative estimate of drug-likeness (QED) is 0.288. The van der Waals surface area contributed by atoms with Crippen molar-refractivity contribution in [3.63, 3.8) is 0 Å². The van der Waals surface area contributed by atoms with Crippen molar-refractivity contribution in [2.75, 3.05) is 33.7 Å². The summed E-state index contributed by atoms with van der Waals surface area (Å²) in [5.74, 6) is 0. The Morgan fingerprint density at radius 1 is 0.893 bits per heavy atom. The molecule has 0 aliphatic carbocycles. The van der Waals surface area contributed by atoms with Gasteiger partial charge in [-0.25, -0.2) is 0 Å². The van der Waals surface area contributed by atoms with E-state index in [1.165, 1.54) is 16.3 Å². The van der Waals surface area contributed by atoms with Crippen molar-refractivity contribution < 1.29 is 14.2 Å². The van der Waals surface area contributed by atoms with Gasteiger partial charge >= 0.3 is 0 Å². The fourth-order valence-electron chi connectivity index (χ4n) is 3.15. The second-order valence-corrected chi connectivity index (χ2v) is 12.1. The van der Waals surface area contributed by atoms with Crippen LogP contribution in [0.4, 0.5) is 0 Å². The Hall–Kier alpha value is -1.72. The molecule has 0 radical (unpaired) electrons. The molecule has 0 unspecified atom stereocenters. The number of hydrogen-bond donors (Lipinski definition) is 0. The molecule has 0 N–H and O–H groups in total. The van der Waals surface area contributed by atoms with Crippen LogP contribution in [0.5, 0.6) is 0 Å². The van der Waals surface area contributed by atoms with E-state index in [1.54, 1.807) is 12.3 Å². The summed E-state index contributed by atoms with van der Waals surface area (Å²) >= 11 is 0. The first-order valence-corrected chi connectivity index (χ1v) is 13.0. The Bertz CT molecular complexity index is 708. The smallest absolute Gasteiger partial charge is 0.146 e. The van der Waals surface area contributed by atoms with E-state index < -0.39 is 8.07 Å². The lowest BCUT2D eigenvalue weighted by Gasteiger charge is -2.27. The predicted molar refractivity (Wildman–Crippen MR) is 121 cm³/mol. The Kier molecular flexibility index (Phi) is 9.65. The van der Waals surface area contributed by atoms with Gasteiger partial charge in [0, 0.05) is 13.7 Å². The minimum Gasteiger partial charge on any atom is -0.382 e. The molecule has 2 rings (SSSR count). The van der Waals surface area contributed by atoms with Gasteiger partial charge in [0.05, 0.1) is 13.2 Å². The molecule has 0 heterocycles. The van der Waals surface area contributed by atoms with Crippen molar-refractivity contribution in [1.29, 1.82) is 0 Å². The first-order chi connectivity index (χ1) is 13.5. The number of aryl methyl sites for hydroxylation is 1. The first-order valence-electron chi connectivity index (χ1n) is 10.0. The van der Waals surface area contributed by atoms with Crippen molar-refractivity contribution in [2.24, 2.45) is 0 Å². The van der Waals surface area contributed by atoms with Crippen LogP contribution in [0.15, 0.2) is 59.8 Å². The van der Waals surface area contributed by atoms with Gasteiger partial charge in [-0.3, -0.25) is 0 Å². The van der Waals surface area contributed by atoms with Crippen LogP contribution < -0.4 is 5.19 Å². The molecule has 4 heteroatoms. The molecule has 28 heavy (non-hydrogen) atoms. The number of benzene rings is 2. The van der Waals surface area contributed by atoms with Gasteiger partial charge in [0.25, 0.3) is 0 Å². The molecule has 0 amide bonds. The van der Waals surface area contributed by atoms with E-state index in [0.717, 1.165) is 12.8 Å². The molecule has 0 atom stereocenters. The van der Waals surface area contributed by atoms with Crippen molar-refractivity contribution in [1.82, 2.24) is 0 Å². The van der Waals surface area contributed by atoms with Crippen LogP contribution in [0.1, 0.15) is 24.0 Å². The highest BCUT2D eigenvalue weighted by molar-refractivity contribution is 6.96. The molecule has 0 fully saturated rings. The zero-order valence-electron chi connectivity index (χ0n) is 17.7. The van der Waals surface area contributed by atoms with E-state index in [4.69, 9.17) is 14.2 Å². The third-order valence-electron chi connectivity index (χ3n) is 5.05. The summed E-state index contributed by atoms with van der Waals surface area (Å²) in [4.78, 5) is 0. The summed E-state index contributed by atoms with van der Waals surface area (Å²) in [5, 5.41) is 3.02. The molecule has 0 aliphatic rings. The van der Waals surface area contributed by atoms with Gasteiger partial charge in [-0.15, -0.1) is 0 Å². The Labute approximate surface area is 171 Å². The van der Waals surface area contributed by atoms with Gasteiger partial charge < -0.3 is 14.2 Å². The van der Waals surface area contributed by atoms with E-state index in [1.807, 2.05) is 0 Å². The second-order valence-electron chi connectivity index (χ2n) is 7.60. The van der Waals surface area contributed by atoms with Crippen LogP contribution >= 0.6 is 0 Å². The molecule has 152 valence electrons. The van der Waals surface area contributed by atoms with Crippen molar-refractivity contribution >= 4 is 19.3 Å². The maximum absolute atomic E-state index is 5.63. The summed E-state index contributed by atoms with van der Waals surface area (Å²) in [6.07, 6.45) is 4.43. The van der Waals surface area contributed by atoms with Crippen LogP contribution in [0.3, 0.4) is 0 Å². The molecule has 2 aromatic rings. The highest BCUT2D eigenvalue weighted by Gasteiger charge is 2.27. The summed E-state index contributed by atoms with van der Waals surface area (Å²) in [5.41, 5.74) is 2.57. The molecule has 0 aromatic heterocycles. The number of hydrogen-bond acceptors (Lipinski definition) is 3. The Balaban J connectivity index is 2.04. The van der Waals surface area contributed by atoms with E-state index in [2.05, 4.69) is 80.7 Å². The largest absolute Gasteiger partial charge is 0.382 e. The van der Waals surface area contributed by atoms with Gasteiger partial charge in [-0.2, -0.15) is 0 Å². The van der Waals surface area contributed by atoms with Gasteiger partial charge in [0.2, 0.25) is 0 Å².